The fraction of sp³-hybridized carbons (Fsp3) is 0.533. The smallest absolute Gasteiger partial charge is 0.237 e. The van der Waals surface area contributed by atoms with Crippen molar-refractivity contribution >= 4 is 5.91 Å². The molecule has 0 bridgehead atoms. The van der Waals surface area contributed by atoms with Crippen LogP contribution < -0.4 is 10.1 Å². The number of rotatable bonds is 7. The summed E-state index contributed by atoms with van der Waals surface area (Å²) < 4.78 is 18.7. The highest BCUT2D eigenvalue weighted by Gasteiger charge is 2.27. The number of para-hydroxylation sites is 1. The molecule has 110 valence electrons. The Balaban J connectivity index is 1.72. The number of ether oxygens (including phenoxy) is 1. The molecule has 1 amide bonds. The Bertz CT molecular complexity index is 463. The Morgan fingerprint density at radius 2 is 2.20 bits per heavy atom. The zero-order valence-corrected chi connectivity index (χ0v) is 11.9. The molecule has 20 heavy (non-hydrogen) atoms. The van der Waals surface area contributed by atoms with Crippen molar-refractivity contribution in [3.05, 3.63) is 30.1 Å². The molecule has 1 atom stereocenters. The maximum atomic E-state index is 13.3. The van der Waals surface area contributed by atoms with E-state index < -0.39 is 0 Å². The lowest BCUT2D eigenvalue weighted by Crippen LogP contribution is -2.45. The monoisotopic (exact) mass is 280 g/mol. The van der Waals surface area contributed by atoms with Crippen LogP contribution in [0.2, 0.25) is 0 Å². The SMILES string of the molecule is CC(C(=O)NC1CC1)N(C)CCOc1ccccc1F. The first-order valence-electron chi connectivity index (χ1n) is 6.96. The lowest BCUT2D eigenvalue weighted by Gasteiger charge is -2.23. The molecular weight excluding hydrogens is 259 g/mol. The minimum Gasteiger partial charge on any atom is -0.489 e. The topological polar surface area (TPSA) is 41.6 Å². The zero-order chi connectivity index (χ0) is 14.5. The molecular formula is C15H21FN2O2. The molecule has 1 aliphatic rings. The number of nitrogens with zero attached hydrogens (tertiary/aromatic N) is 1. The number of likely N-dealkylation sites (N-methyl/N-ethyl adjacent to an activating group) is 1. The van der Waals surface area contributed by atoms with Crippen molar-refractivity contribution in [3.8, 4) is 5.75 Å². The van der Waals surface area contributed by atoms with E-state index >= 15 is 0 Å². The first-order chi connectivity index (χ1) is 9.58. The number of carbonyl (C=O) groups is 1. The molecule has 1 fully saturated rings. The Morgan fingerprint density at radius 3 is 2.85 bits per heavy atom. The fourth-order valence-corrected chi connectivity index (χ4v) is 1.80. The summed E-state index contributed by atoms with van der Waals surface area (Å²) in [4.78, 5) is 13.8. The molecule has 0 radical (unpaired) electrons. The van der Waals surface area contributed by atoms with E-state index in [0.29, 0.717) is 19.2 Å². The zero-order valence-electron chi connectivity index (χ0n) is 11.9. The van der Waals surface area contributed by atoms with Gasteiger partial charge in [0.2, 0.25) is 5.91 Å². The lowest BCUT2D eigenvalue weighted by molar-refractivity contribution is -0.125. The minimum absolute atomic E-state index is 0.0425. The molecule has 0 spiro atoms. The predicted octanol–water partition coefficient (Wildman–Crippen LogP) is 1.80. The minimum atomic E-state index is -0.366. The Hall–Kier alpha value is -1.62. The summed E-state index contributed by atoms with van der Waals surface area (Å²) in [6, 6.07) is 6.48. The maximum Gasteiger partial charge on any atom is 0.237 e. The summed E-state index contributed by atoms with van der Waals surface area (Å²) in [6.45, 7) is 2.77. The lowest BCUT2D eigenvalue weighted by atomic mass is 10.2. The summed E-state index contributed by atoms with van der Waals surface area (Å²) in [5.74, 6) is -0.0773. The van der Waals surface area contributed by atoms with Crippen molar-refractivity contribution in [3.63, 3.8) is 0 Å². The second-order valence-electron chi connectivity index (χ2n) is 5.22. The van der Waals surface area contributed by atoms with Crippen molar-refractivity contribution in [1.29, 1.82) is 0 Å². The normalized spacial score (nSPS) is 16.0. The third kappa shape index (κ3) is 4.20. The summed E-state index contributed by atoms with van der Waals surface area (Å²) in [6.07, 6.45) is 2.16. The van der Waals surface area contributed by atoms with Crippen LogP contribution in [0.3, 0.4) is 0 Å². The first-order valence-corrected chi connectivity index (χ1v) is 6.96. The number of benzene rings is 1. The van der Waals surface area contributed by atoms with Gasteiger partial charge in [0.25, 0.3) is 0 Å². The van der Waals surface area contributed by atoms with Gasteiger partial charge in [0, 0.05) is 12.6 Å². The van der Waals surface area contributed by atoms with Gasteiger partial charge in [0.1, 0.15) is 6.61 Å². The highest BCUT2D eigenvalue weighted by molar-refractivity contribution is 5.81. The van der Waals surface area contributed by atoms with E-state index in [1.165, 1.54) is 6.07 Å². The van der Waals surface area contributed by atoms with Gasteiger partial charge in [-0.15, -0.1) is 0 Å². The third-order valence-electron chi connectivity index (χ3n) is 3.50. The van der Waals surface area contributed by atoms with Gasteiger partial charge in [-0.1, -0.05) is 12.1 Å². The Kier molecular flexibility index (Phi) is 4.95. The Labute approximate surface area is 118 Å². The Morgan fingerprint density at radius 1 is 1.50 bits per heavy atom. The van der Waals surface area contributed by atoms with Crippen molar-refractivity contribution in [2.45, 2.75) is 31.8 Å². The maximum absolute atomic E-state index is 13.3. The van der Waals surface area contributed by atoms with Crippen LogP contribution in [0.1, 0.15) is 19.8 Å². The molecule has 0 aliphatic heterocycles. The van der Waals surface area contributed by atoms with Crippen LogP contribution >= 0.6 is 0 Å². The molecule has 0 saturated heterocycles. The molecule has 1 aliphatic carbocycles. The molecule has 5 heteroatoms. The van der Waals surface area contributed by atoms with Gasteiger partial charge >= 0.3 is 0 Å². The van der Waals surface area contributed by atoms with Crippen LogP contribution in [-0.4, -0.2) is 43.1 Å². The molecule has 1 unspecified atom stereocenters. The van der Waals surface area contributed by atoms with Crippen LogP contribution in [0.15, 0.2) is 24.3 Å². The van der Waals surface area contributed by atoms with E-state index in [4.69, 9.17) is 4.74 Å². The predicted molar refractivity (Wildman–Crippen MR) is 75.2 cm³/mol. The molecule has 1 N–H and O–H groups in total. The molecule has 1 aromatic carbocycles. The summed E-state index contributed by atoms with van der Waals surface area (Å²) in [5, 5.41) is 2.97. The van der Waals surface area contributed by atoms with E-state index in [9.17, 15) is 9.18 Å². The van der Waals surface area contributed by atoms with Crippen LogP contribution in [0, 0.1) is 5.82 Å². The van der Waals surface area contributed by atoms with Crippen LogP contribution in [0.25, 0.3) is 0 Å². The number of hydrogen-bond donors (Lipinski definition) is 1. The molecule has 2 rings (SSSR count). The van der Waals surface area contributed by atoms with Crippen molar-refractivity contribution < 1.29 is 13.9 Å². The second kappa shape index (κ2) is 6.70. The number of hydrogen-bond acceptors (Lipinski definition) is 3. The van der Waals surface area contributed by atoms with Crippen LogP contribution in [-0.2, 0) is 4.79 Å². The van der Waals surface area contributed by atoms with Gasteiger partial charge in [-0.3, -0.25) is 9.69 Å². The number of amides is 1. The van der Waals surface area contributed by atoms with Gasteiger partial charge in [-0.2, -0.15) is 0 Å². The van der Waals surface area contributed by atoms with E-state index in [1.54, 1.807) is 18.2 Å². The van der Waals surface area contributed by atoms with Gasteiger partial charge < -0.3 is 10.1 Å². The van der Waals surface area contributed by atoms with Crippen LogP contribution in [0.4, 0.5) is 4.39 Å². The summed E-state index contributed by atoms with van der Waals surface area (Å²) >= 11 is 0. The highest BCUT2D eigenvalue weighted by atomic mass is 19.1. The fourth-order valence-electron chi connectivity index (χ4n) is 1.80. The highest BCUT2D eigenvalue weighted by Crippen LogP contribution is 2.19. The standard InChI is InChI=1S/C15H21FN2O2/c1-11(15(19)17-12-7-8-12)18(2)9-10-20-14-6-4-3-5-13(14)16/h3-6,11-12H,7-10H2,1-2H3,(H,17,19). The molecule has 0 aromatic heterocycles. The number of carbonyl (C=O) groups excluding carboxylic acids is 1. The van der Waals surface area contributed by atoms with E-state index in [0.717, 1.165) is 12.8 Å². The van der Waals surface area contributed by atoms with Gasteiger partial charge in [-0.25, -0.2) is 4.39 Å². The average Bonchev–Trinajstić information content (AvgIpc) is 3.23. The molecule has 4 nitrogen and oxygen atoms in total. The number of halogens is 1. The molecule has 1 aromatic rings. The first kappa shape index (κ1) is 14.8. The van der Waals surface area contributed by atoms with Gasteiger partial charge in [-0.05, 0) is 38.9 Å². The average molecular weight is 280 g/mol. The molecule has 1 saturated carbocycles. The summed E-state index contributed by atoms with van der Waals surface area (Å²) in [7, 11) is 1.86. The van der Waals surface area contributed by atoms with E-state index in [2.05, 4.69) is 5.32 Å². The van der Waals surface area contributed by atoms with Crippen molar-refractivity contribution in [2.75, 3.05) is 20.2 Å². The van der Waals surface area contributed by atoms with E-state index in [-0.39, 0.29) is 23.5 Å². The van der Waals surface area contributed by atoms with Crippen molar-refractivity contribution in [1.82, 2.24) is 10.2 Å². The molecule has 0 heterocycles. The number of nitrogens with one attached hydrogen (secondary N) is 1. The van der Waals surface area contributed by atoms with Crippen LogP contribution in [0.5, 0.6) is 5.75 Å². The quantitative estimate of drug-likeness (QED) is 0.828. The second-order valence-corrected chi connectivity index (χ2v) is 5.22. The van der Waals surface area contributed by atoms with Gasteiger partial charge in [0.05, 0.1) is 6.04 Å². The van der Waals surface area contributed by atoms with Crippen molar-refractivity contribution in [2.24, 2.45) is 0 Å². The largest absolute Gasteiger partial charge is 0.489 e. The summed E-state index contributed by atoms with van der Waals surface area (Å²) in [5.41, 5.74) is 0. The van der Waals surface area contributed by atoms with E-state index in [1.807, 2.05) is 18.9 Å². The van der Waals surface area contributed by atoms with Gasteiger partial charge in [0.15, 0.2) is 11.6 Å². The third-order valence-corrected chi connectivity index (χ3v) is 3.50.